The Morgan fingerprint density at radius 2 is 0.980 bits per heavy atom. The van der Waals surface area contributed by atoms with Gasteiger partial charge in [0.05, 0.1) is 16.7 Å². The lowest BCUT2D eigenvalue weighted by atomic mass is 10.0. The van der Waals surface area contributed by atoms with E-state index in [0.717, 1.165) is 44.7 Å². The SMILES string of the molecule is c1ccc(-c2ccc(N(c3ccc(-n4c5ccccc5c5ccccc54)cc3)c3cccc4c3oc3ccc5ccccc5c34)cc2)cc1. The van der Waals surface area contributed by atoms with Crippen LogP contribution in [0.1, 0.15) is 0 Å². The Labute approximate surface area is 283 Å². The van der Waals surface area contributed by atoms with Crippen LogP contribution >= 0.6 is 0 Å². The summed E-state index contributed by atoms with van der Waals surface area (Å²) in [5, 5.41) is 7.17. The van der Waals surface area contributed by atoms with Crippen molar-refractivity contribution in [1.82, 2.24) is 4.57 Å². The second-order valence-corrected chi connectivity index (χ2v) is 12.6. The topological polar surface area (TPSA) is 21.3 Å². The average Bonchev–Trinajstić information content (AvgIpc) is 3.73. The molecule has 3 nitrogen and oxygen atoms in total. The summed E-state index contributed by atoms with van der Waals surface area (Å²) in [4.78, 5) is 2.32. The highest BCUT2D eigenvalue weighted by molar-refractivity contribution is 6.21. The van der Waals surface area contributed by atoms with Gasteiger partial charge in [-0.05, 0) is 82.6 Å². The highest BCUT2D eigenvalue weighted by atomic mass is 16.3. The van der Waals surface area contributed by atoms with Gasteiger partial charge in [-0.2, -0.15) is 0 Å². The van der Waals surface area contributed by atoms with E-state index in [0.29, 0.717) is 0 Å². The lowest BCUT2D eigenvalue weighted by Gasteiger charge is -2.26. The van der Waals surface area contributed by atoms with Gasteiger partial charge in [0.1, 0.15) is 5.58 Å². The number of hydrogen-bond donors (Lipinski definition) is 0. The van der Waals surface area contributed by atoms with E-state index in [-0.39, 0.29) is 0 Å². The number of fused-ring (bicyclic) bond motifs is 8. The first-order valence-corrected chi connectivity index (χ1v) is 16.7. The molecular weight excluding hydrogens is 597 g/mol. The van der Waals surface area contributed by atoms with Gasteiger partial charge >= 0.3 is 0 Å². The third-order valence-corrected chi connectivity index (χ3v) is 9.79. The van der Waals surface area contributed by atoms with Crippen molar-refractivity contribution in [2.24, 2.45) is 0 Å². The van der Waals surface area contributed by atoms with Crippen molar-refractivity contribution in [3.05, 3.63) is 182 Å². The maximum atomic E-state index is 6.74. The van der Waals surface area contributed by atoms with Gasteiger partial charge in [0.15, 0.2) is 5.58 Å². The average molecular weight is 627 g/mol. The number of rotatable bonds is 5. The smallest absolute Gasteiger partial charge is 0.159 e. The van der Waals surface area contributed by atoms with E-state index < -0.39 is 0 Å². The first kappa shape index (κ1) is 27.5. The van der Waals surface area contributed by atoms with E-state index in [9.17, 15) is 0 Å². The summed E-state index contributed by atoms with van der Waals surface area (Å²) in [5.41, 5.74) is 10.8. The molecule has 0 N–H and O–H groups in total. The maximum absolute atomic E-state index is 6.74. The molecule has 0 fully saturated rings. The van der Waals surface area contributed by atoms with Crippen LogP contribution in [0.3, 0.4) is 0 Å². The van der Waals surface area contributed by atoms with Crippen LogP contribution < -0.4 is 4.90 Å². The second-order valence-electron chi connectivity index (χ2n) is 12.6. The molecule has 0 saturated carbocycles. The van der Waals surface area contributed by atoms with Crippen molar-refractivity contribution in [3.63, 3.8) is 0 Å². The molecule has 0 aliphatic heterocycles. The van der Waals surface area contributed by atoms with Crippen LogP contribution in [0.2, 0.25) is 0 Å². The Bertz CT molecular complexity index is 2750. The summed E-state index contributed by atoms with van der Waals surface area (Å²) in [6, 6.07) is 64.8. The molecule has 0 amide bonds. The van der Waals surface area contributed by atoms with Gasteiger partial charge in [0, 0.05) is 38.6 Å². The molecule has 0 unspecified atom stereocenters. The Balaban J connectivity index is 1.17. The summed E-state index contributed by atoms with van der Waals surface area (Å²) >= 11 is 0. The summed E-state index contributed by atoms with van der Waals surface area (Å²) in [6.07, 6.45) is 0. The largest absolute Gasteiger partial charge is 0.454 e. The quantitative estimate of drug-likeness (QED) is 0.190. The molecule has 0 aliphatic rings. The van der Waals surface area contributed by atoms with Gasteiger partial charge in [-0.15, -0.1) is 0 Å². The molecule has 0 aliphatic carbocycles. The third-order valence-electron chi connectivity index (χ3n) is 9.79. The van der Waals surface area contributed by atoms with Crippen LogP contribution in [0.25, 0.3) is 71.3 Å². The van der Waals surface area contributed by atoms with E-state index in [2.05, 4.69) is 191 Å². The van der Waals surface area contributed by atoms with Crippen molar-refractivity contribution in [2.75, 3.05) is 4.90 Å². The molecule has 0 bridgehead atoms. The number of hydrogen-bond acceptors (Lipinski definition) is 2. The zero-order valence-corrected chi connectivity index (χ0v) is 26.6. The molecule has 0 saturated heterocycles. The van der Waals surface area contributed by atoms with E-state index in [1.165, 1.54) is 43.7 Å². The zero-order valence-electron chi connectivity index (χ0n) is 26.6. The summed E-state index contributed by atoms with van der Waals surface area (Å²) in [5.74, 6) is 0. The second kappa shape index (κ2) is 11.0. The Morgan fingerprint density at radius 3 is 1.69 bits per heavy atom. The van der Waals surface area contributed by atoms with Gasteiger partial charge in [-0.25, -0.2) is 0 Å². The molecule has 230 valence electrons. The van der Waals surface area contributed by atoms with Crippen LogP contribution in [-0.2, 0) is 0 Å². The lowest BCUT2D eigenvalue weighted by molar-refractivity contribution is 0.669. The predicted octanol–water partition coefficient (Wildman–Crippen LogP) is 13.0. The van der Waals surface area contributed by atoms with Crippen molar-refractivity contribution >= 4 is 71.6 Å². The highest BCUT2D eigenvalue weighted by Crippen LogP contribution is 2.44. The van der Waals surface area contributed by atoms with Gasteiger partial charge in [0.25, 0.3) is 0 Å². The van der Waals surface area contributed by atoms with Gasteiger partial charge in [-0.3, -0.25) is 0 Å². The normalized spacial score (nSPS) is 11.7. The fourth-order valence-corrected chi connectivity index (χ4v) is 7.54. The van der Waals surface area contributed by atoms with E-state index >= 15 is 0 Å². The molecule has 0 spiro atoms. The van der Waals surface area contributed by atoms with E-state index in [4.69, 9.17) is 4.42 Å². The van der Waals surface area contributed by atoms with E-state index in [1.54, 1.807) is 0 Å². The Kier molecular flexibility index (Phi) is 6.18. The summed E-state index contributed by atoms with van der Waals surface area (Å²) < 4.78 is 9.10. The molecule has 0 radical (unpaired) electrons. The fraction of sp³-hybridized carbons (Fsp3) is 0. The molecule has 0 atom stereocenters. The Hall–Kier alpha value is -6.58. The lowest BCUT2D eigenvalue weighted by Crippen LogP contribution is -2.10. The van der Waals surface area contributed by atoms with Crippen LogP contribution in [0.15, 0.2) is 186 Å². The Morgan fingerprint density at radius 1 is 0.408 bits per heavy atom. The van der Waals surface area contributed by atoms with Gasteiger partial charge < -0.3 is 13.9 Å². The number of para-hydroxylation sites is 3. The van der Waals surface area contributed by atoms with Gasteiger partial charge in [-0.1, -0.05) is 121 Å². The van der Waals surface area contributed by atoms with Crippen molar-refractivity contribution in [2.45, 2.75) is 0 Å². The van der Waals surface area contributed by atoms with Crippen LogP contribution in [0.4, 0.5) is 17.1 Å². The van der Waals surface area contributed by atoms with Crippen LogP contribution in [0, 0.1) is 0 Å². The van der Waals surface area contributed by atoms with Crippen LogP contribution in [0.5, 0.6) is 0 Å². The molecule has 2 aromatic heterocycles. The first-order valence-electron chi connectivity index (χ1n) is 16.7. The number of benzene rings is 8. The molecule has 3 heteroatoms. The van der Waals surface area contributed by atoms with Crippen molar-refractivity contribution < 1.29 is 4.42 Å². The monoisotopic (exact) mass is 626 g/mol. The van der Waals surface area contributed by atoms with Gasteiger partial charge in [0.2, 0.25) is 0 Å². The third kappa shape index (κ3) is 4.37. The number of anilines is 3. The number of nitrogens with zero attached hydrogens (tertiary/aromatic N) is 2. The minimum Gasteiger partial charge on any atom is -0.454 e. The van der Waals surface area contributed by atoms with Crippen molar-refractivity contribution in [1.29, 1.82) is 0 Å². The minimum absolute atomic E-state index is 0.868. The highest BCUT2D eigenvalue weighted by Gasteiger charge is 2.21. The minimum atomic E-state index is 0.868. The summed E-state index contributed by atoms with van der Waals surface area (Å²) in [7, 11) is 0. The van der Waals surface area contributed by atoms with Crippen LogP contribution in [-0.4, -0.2) is 4.57 Å². The molecule has 2 heterocycles. The standard InChI is InChI=1S/C46H30N2O/c1-2-11-31(12-3-1)32-21-24-34(25-22-32)47(43-20-10-17-40-45-37-14-5-4-13-33(37)23-30-44(45)49-46(40)43)35-26-28-36(29-27-35)48-41-18-8-6-15-38(41)39-16-7-9-19-42(39)48/h1-30H. The maximum Gasteiger partial charge on any atom is 0.159 e. The number of aromatic nitrogens is 1. The first-order chi connectivity index (χ1) is 24.3. The predicted molar refractivity (Wildman–Crippen MR) is 206 cm³/mol. The molecule has 49 heavy (non-hydrogen) atoms. The molecular formula is C46H30N2O. The van der Waals surface area contributed by atoms with Crippen molar-refractivity contribution in [3.8, 4) is 16.8 Å². The fourth-order valence-electron chi connectivity index (χ4n) is 7.54. The molecule has 8 aromatic carbocycles. The summed E-state index contributed by atoms with van der Waals surface area (Å²) in [6.45, 7) is 0. The molecule has 10 aromatic rings. The zero-order chi connectivity index (χ0) is 32.3. The number of furan rings is 1. The molecule has 10 rings (SSSR count). The van der Waals surface area contributed by atoms with E-state index in [1.807, 2.05) is 0 Å².